The molecule has 1 fully saturated rings. The van der Waals surface area contributed by atoms with E-state index in [0.717, 1.165) is 22.7 Å². The first kappa shape index (κ1) is 26.4. The van der Waals surface area contributed by atoms with Crippen LogP contribution in [0.25, 0.3) is 16.8 Å². The Bertz CT molecular complexity index is 1590. The standard InChI is InChI=1S/C27H29N7O4S/c1-36-11-12-38-25-19-34-27(22(15-28)18-30-34)26(32-25)21-5-8-24(29-17-21)33-9-13-39(35,14-10-33)31-16-20-3-6-23(37-2)7-4-20/h3-8,17-19H,9-14,16H2,1-2H3. The highest BCUT2D eigenvalue weighted by atomic mass is 32.2. The lowest BCUT2D eigenvalue weighted by atomic mass is 10.1. The van der Waals surface area contributed by atoms with Gasteiger partial charge in [-0.2, -0.15) is 10.4 Å². The SMILES string of the molecule is COCCOc1cn2ncc(C#N)c2c(-c2ccc(N3CCS(=O)(=NCc4ccc(OC)cc4)CC3)nc2)n1. The lowest BCUT2D eigenvalue weighted by molar-refractivity contribution is 0.143. The van der Waals surface area contributed by atoms with Crippen LogP contribution in [0.5, 0.6) is 11.6 Å². The number of benzene rings is 1. The van der Waals surface area contributed by atoms with Crippen molar-refractivity contribution >= 4 is 21.1 Å². The highest BCUT2D eigenvalue weighted by Crippen LogP contribution is 2.28. The van der Waals surface area contributed by atoms with Gasteiger partial charge >= 0.3 is 0 Å². The largest absolute Gasteiger partial charge is 0.497 e. The second-order valence-corrected chi connectivity index (χ2v) is 11.6. The average Bonchev–Trinajstić information content (AvgIpc) is 3.40. The van der Waals surface area contributed by atoms with Crippen molar-refractivity contribution < 1.29 is 18.4 Å². The topological polar surface area (TPSA) is 127 Å². The molecule has 12 heteroatoms. The Morgan fingerprint density at radius 1 is 1.08 bits per heavy atom. The van der Waals surface area contributed by atoms with Crippen LogP contribution in [0.2, 0.25) is 0 Å². The summed E-state index contributed by atoms with van der Waals surface area (Å²) in [4.78, 5) is 11.4. The molecule has 1 saturated heterocycles. The molecule has 1 aromatic carbocycles. The molecule has 0 N–H and O–H groups in total. The van der Waals surface area contributed by atoms with Crippen LogP contribution in [-0.2, 0) is 21.0 Å². The highest BCUT2D eigenvalue weighted by molar-refractivity contribution is 7.93. The zero-order chi connectivity index (χ0) is 27.2. The third-order valence-electron chi connectivity index (χ3n) is 6.48. The third-order valence-corrected chi connectivity index (χ3v) is 8.72. The van der Waals surface area contributed by atoms with Crippen LogP contribution in [0.15, 0.2) is 59.4 Å². The van der Waals surface area contributed by atoms with Crippen molar-refractivity contribution in [1.29, 1.82) is 5.26 Å². The summed E-state index contributed by atoms with van der Waals surface area (Å²) in [6.45, 7) is 2.38. The predicted octanol–water partition coefficient (Wildman–Crippen LogP) is 3.18. The number of ether oxygens (including phenoxy) is 3. The van der Waals surface area contributed by atoms with Crippen molar-refractivity contribution in [2.24, 2.45) is 4.36 Å². The number of anilines is 1. The van der Waals surface area contributed by atoms with Gasteiger partial charge in [0, 0.05) is 43.5 Å². The van der Waals surface area contributed by atoms with Crippen molar-refractivity contribution in [2.75, 3.05) is 56.9 Å². The van der Waals surface area contributed by atoms with Crippen molar-refractivity contribution in [3.63, 3.8) is 0 Å². The Morgan fingerprint density at radius 2 is 1.87 bits per heavy atom. The number of fused-ring (bicyclic) bond motifs is 1. The maximum absolute atomic E-state index is 13.3. The normalized spacial score (nSPS) is 14.6. The van der Waals surface area contributed by atoms with Crippen molar-refractivity contribution in [1.82, 2.24) is 19.6 Å². The summed E-state index contributed by atoms with van der Waals surface area (Å²) in [5.74, 6) is 2.91. The van der Waals surface area contributed by atoms with Gasteiger partial charge in [0.2, 0.25) is 5.88 Å². The van der Waals surface area contributed by atoms with E-state index in [1.54, 1.807) is 31.1 Å². The smallest absolute Gasteiger partial charge is 0.233 e. The molecule has 1 aliphatic heterocycles. The fourth-order valence-corrected chi connectivity index (χ4v) is 6.15. The summed E-state index contributed by atoms with van der Waals surface area (Å²) < 4.78 is 35.4. The molecule has 5 rings (SSSR count). The Balaban J connectivity index is 1.31. The van der Waals surface area contributed by atoms with Gasteiger partial charge in [-0.05, 0) is 29.8 Å². The van der Waals surface area contributed by atoms with Gasteiger partial charge in [-0.3, -0.25) is 0 Å². The third kappa shape index (κ3) is 5.94. The molecule has 0 saturated carbocycles. The van der Waals surface area contributed by atoms with Crippen LogP contribution in [0.3, 0.4) is 0 Å². The second kappa shape index (κ2) is 11.7. The minimum Gasteiger partial charge on any atom is -0.497 e. The molecule has 0 bridgehead atoms. The van der Waals surface area contributed by atoms with Gasteiger partial charge in [-0.15, -0.1) is 0 Å². The lowest BCUT2D eigenvalue weighted by Crippen LogP contribution is -2.40. The van der Waals surface area contributed by atoms with Crippen LogP contribution < -0.4 is 14.4 Å². The van der Waals surface area contributed by atoms with Crippen LogP contribution >= 0.6 is 0 Å². The molecule has 4 aromatic rings. The van der Waals surface area contributed by atoms with E-state index in [1.165, 1.54) is 6.20 Å². The van der Waals surface area contributed by atoms with Gasteiger partial charge in [-0.25, -0.2) is 23.1 Å². The minimum atomic E-state index is -2.29. The number of aromatic nitrogens is 4. The highest BCUT2D eigenvalue weighted by Gasteiger charge is 2.22. The average molecular weight is 548 g/mol. The van der Waals surface area contributed by atoms with Crippen LogP contribution in [-0.4, -0.2) is 75.8 Å². The van der Waals surface area contributed by atoms with Crippen molar-refractivity contribution in [2.45, 2.75) is 6.54 Å². The molecule has 0 spiro atoms. The van der Waals surface area contributed by atoms with Gasteiger partial charge in [0.25, 0.3) is 0 Å². The molecular weight excluding hydrogens is 518 g/mol. The summed E-state index contributed by atoms with van der Waals surface area (Å²) in [5.41, 5.74) is 3.29. The van der Waals surface area contributed by atoms with Crippen LogP contribution in [0, 0.1) is 11.3 Å². The van der Waals surface area contributed by atoms with E-state index in [2.05, 4.69) is 30.4 Å². The maximum atomic E-state index is 13.3. The van der Waals surface area contributed by atoms with Crippen LogP contribution in [0.4, 0.5) is 5.82 Å². The first-order valence-corrected chi connectivity index (χ1v) is 14.3. The van der Waals surface area contributed by atoms with Gasteiger partial charge in [0.1, 0.15) is 41.0 Å². The molecule has 11 nitrogen and oxygen atoms in total. The molecule has 0 amide bonds. The Labute approximate surface area is 227 Å². The Kier molecular flexibility index (Phi) is 7.90. The lowest BCUT2D eigenvalue weighted by Gasteiger charge is -2.29. The quantitative estimate of drug-likeness (QED) is 0.290. The van der Waals surface area contributed by atoms with Gasteiger partial charge in [0.15, 0.2) is 0 Å². The molecule has 0 aliphatic carbocycles. The fourth-order valence-electron chi connectivity index (χ4n) is 4.29. The summed E-state index contributed by atoms with van der Waals surface area (Å²) >= 11 is 0. The molecule has 0 radical (unpaired) electrons. The number of methoxy groups -OCH3 is 2. The number of hydrogen-bond donors (Lipinski definition) is 0. The van der Waals surface area contributed by atoms with E-state index >= 15 is 0 Å². The summed E-state index contributed by atoms with van der Waals surface area (Å²) in [7, 11) is 0.945. The van der Waals surface area contributed by atoms with Crippen LogP contribution in [0.1, 0.15) is 11.1 Å². The van der Waals surface area contributed by atoms with E-state index < -0.39 is 9.73 Å². The zero-order valence-electron chi connectivity index (χ0n) is 21.8. The molecule has 202 valence electrons. The predicted molar refractivity (Wildman–Crippen MR) is 148 cm³/mol. The second-order valence-electron chi connectivity index (χ2n) is 8.94. The minimum absolute atomic E-state index is 0.336. The molecule has 4 heterocycles. The maximum Gasteiger partial charge on any atom is 0.233 e. The first-order chi connectivity index (χ1) is 19.0. The summed E-state index contributed by atoms with van der Waals surface area (Å²) in [6, 6.07) is 13.7. The first-order valence-electron chi connectivity index (χ1n) is 12.4. The zero-order valence-corrected chi connectivity index (χ0v) is 22.6. The molecule has 0 unspecified atom stereocenters. The van der Waals surface area contributed by atoms with Crippen molar-refractivity contribution in [3.05, 3.63) is 66.1 Å². The number of nitriles is 1. The number of hydrogen-bond acceptors (Lipinski definition) is 10. The number of pyridine rings is 1. The van der Waals surface area contributed by atoms with E-state index in [4.69, 9.17) is 14.2 Å². The van der Waals surface area contributed by atoms with E-state index in [9.17, 15) is 9.47 Å². The van der Waals surface area contributed by atoms with E-state index in [0.29, 0.717) is 67.0 Å². The van der Waals surface area contributed by atoms with E-state index in [-0.39, 0.29) is 0 Å². The summed E-state index contributed by atoms with van der Waals surface area (Å²) in [5, 5.41) is 13.9. The summed E-state index contributed by atoms with van der Waals surface area (Å²) in [6.07, 6.45) is 4.87. The number of rotatable bonds is 9. The molecule has 0 atom stereocenters. The van der Waals surface area contributed by atoms with Gasteiger partial charge in [0.05, 0.1) is 42.4 Å². The molecule has 3 aromatic heterocycles. The molecule has 1 aliphatic rings. The fraction of sp³-hybridized carbons (Fsp3) is 0.333. The molecule has 39 heavy (non-hydrogen) atoms. The van der Waals surface area contributed by atoms with Gasteiger partial charge < -0.3 is 19.1 Å². The van der Waals surface area contributed by atoms with Crippen molar-refractivity contribution in [3.8, 4) is 29.0 Å². The van der Waals surface area contributed by atoms with E-state index in [1.807, 2.05) is 36.4 Å². The van der Waals surface area contributed by atoms with Gasteiger partial charge in [-0.1, -0.05) is 12.1 Å². The Hall–Kier alpha value is -4.21. The Morgan fingerprint density at radius 3 is 2.54 bits per heavy atom. The number of nitrogens with zero attached hydrogens (tertiary/aromatic N) is 7. The monoisotopic (exact) mass is 547 g/mol. The molecular formula is C27H29N7O4S.